The number of hydrogen-bond acceptors (Lipinski definition) is 0. The minimum Gasteiger partial charge on any atom is -0.207 e. The first-order valence-corrected chi connectivity index (χ1v) is 10.8. The molecular formula is C27H27F3. The summed E-state index contributed by atoms with van der Waals surface area (Å²) < 4.78 is 43.5. The molecule has 0 heterocycles. The van der Waals surface area contributed by atoms with E-state index >= 15 is 0 Å². The van der Waals surface area contributed by atoms with E-state index in [4.69, 9.17) is 0 Å². The zero-order chi connectivity index (χ0) is 21.1. The summed E-state index contributed by atoms with van der Waals surface area (Å²) in [4.78, 5) is 0. The van der Waals surface area contributed by atoms with Gasteiger partial charge >= 0.3 is 0 Å². The molecule has 3 heteroatoms. The lowest BCUT2D eigenvalue weighted by atomic mass is 9.76. The average molecular weight is 409 g/mol. The minimum atomic E-state index is -0.766. The summed E-state index contributed by atoms with van der Waals surface area (Å²) in [6, 6.07) is 18.0. The van der Waals surface area contributed by atoms with Crippen LogP contribution in [-0.2, 0) is 6.42 Å². The van der Waals surface area contributed by atoms with Gasteiger partial charge in [-0.05, 0) is 85.6 Å². The van der Waals surface area contributed by atoms with Crippen molar-refractivity contribution in [3.8, 4) is 11.1 Å². The van der Waals surface area contributed by atoms with Crippen molar-refractivity contribution in [1.82, 2.24) is 0 Å². The van der Waals surface area contributed by atoms with Gasteiger partial charge in [-0.1, -0.05) is 54.6 Å². The number of benzene rings is 3. The molecule has 0 unspecified atom stereocenters. The predicted octanol–water partition coefficient (Wildman–Crippen LogP) is 7.99. The Morgan fingerprint density at radius 1 is 0.800 bits per heavy atom. The van der Waals surface area contributed by atoms with Gasteiger partial charge in [-0.25, -0.2) is 13.2 Å². The largest absolute Gasteiger partial charge is 0.207 e. The molecule has 1 aliphatic carbocycles. The Labute approximate surface area is 176 Å². The van der Waals surface area contributed by atoms with E-state index in [1.807, 2.05) is 37.3 Å². The summed E-state index contributed by atoms with van der Waals surface area (Å²) in [5, 5.41) is 0. The van der Waals surface area contributed by atoms with Crippen LogP contribution < -0.4 is 0 Å². The van der Waals surface area contributed by atoms with Crippen molar-refractivity contribution in [2.75, 3.05) is 0 Å². The first-order chi connectivity index (χ1) is 14.5. The molecule has 0 spiro atoms. The van der Waals surface area contributed by atoms with Crippen LogP contribution >= 0.6 is 0 Å². The molecule has 0 saturated heterocycles. The van der Waals surface area contributed by atoms with E-state index in [2.05, 4.69) is 0 Å². The second-order valence-electron chi connectivity index (χ2n) is 8.55. The zero-order valence-electron chi connectivity index (χ0n) is 17.3. The van der Waals surface area contributed by atoms with E-state index in [1.54, 1.807) is 30.3 Å². The highest BCUT2D eigenvalue weighted by molar-refractivity contribution is 5.64. The second-order valence-corrected chi connectivity index (χ2v) is 8.55. The molecule has 156 valence electrons. The fourth-order valence-electron chi connectivity index (χ4n) is 4.71. The van der Waals surface area contributed by atoms with E-state index in [0.717, 1.165) is 43.2 Å². The maximum Gasteiger partial charge on any atom is 0.166 e. The standard InChI is InChI=1S/C27H27F3/c1-18-7-15-23(25(28)17-18)21-11-8-19(9-12-21)10-13-22-14-16-24(27(30)26(22)29)20-5-3-2-4-6-20/h2-7,14-17,19,21H,8-13H2,1H3. The minimum absolute atomic E-state index is 0.102. The van der Waals surface area contributed by atoms with Gasteiger partial charge in [-0.2, -0.15) is 0 Å². The molecule has 1 fully saturated rings. The van der Waals surface area contributed by atoms with E-state index in [1.165, 1.54) is 0 Å². The zero-order valence-corrected chi connectivity index (χ0v) is 17.3. The maximum absolute atomic E-state index is 14.6. The van der Waals surface area contributed by atoms with E-state index in [-0.39, 0.29) is 11.7 Å². The Balaban J connectivity index is 1.36. The Hall–Kier alpha value is -2.55. The van der Waals surface area contributed by atoms with Gasteiger partial charge in [0, 0.05) is 5.56 Å². The molecule has 0 amide bonds. The smallest absolute Gasteiger partial charge is 0.166 e. The fraction of sp³-hybridized carbons (Fsp3) is 0.333. The van der Waals surface area contributed by atoms with Crippen molar-refractivity contribution in [3.63, 3.8) is 0 Å². The van der Waals surface area contributed by atoms with Crippen molar-refractivity contribution in [2.45, 2.75) is 51.4 Å². The van der Waals surface area contributed by atoms with Crippen molar-refractivity contribution < 1.29 is 13.2 Å². The molecule has 0 aliphatic heterocycles. The molecule has 3 aromatic carbocycles. The van der Waals surface area contributed by atoms with E-state index in [9.17, 15) is 13.2 Å². The van der Waals surface area contributed by atoms with Crippen LogP contribution in [-0.4, -0.2) is 0 Å². The summed E-state index contributed by atoms with van der Waals surface area (Å²) in [6.07, 6.45) is 5.29. The molecule has 4 rings (SSSR count). The molecule has 1 aliphatic rings. The highest BCUT2D eigenvalue weighted by atomic mass is 19.2. The molecule has 1 saturated carbocycles. The van der Waals surface area contributed by atoms with Gasteiger partial charge in [-0.3, -0.25) is 0 Å². The first kappa shape index (κ1) is 20.7. The molecule has 3 aromatic rings. The normalized spacial score (nSPS) is 19.1. The van der Waals surface area contributed by atoms with Crippen LogP contribution in [0.25, 0.3) is 11.1 Å². The van der Waals surface area contributed by atoms with Crippen LogP contribution in [0, 0.1) is 30.3 Å². The predicted molar refractivity (Wildman–Crippen MR) is 116 cm³/mol. The van der Waals surface area contributed by atoms with Gasteiger partial charge in [0.25, 0.3) is 0 Å². The molecular weight excluding hydrogens is 381 g/mol. The van der Waals surface area contributed by atoms with Gasteiger partial charge in [0.2, 0.25) is 0 Å². The number of rotatable bonds is 5. The monoisotopic (exact) mass is 408 g/mol. The van der Waals surface area contributed by atoms with Crippen molar-refractivity contribution >= 4 is 0 Å². The third-order valence-electron chi connectivity index (χ3n) is 6.51. The lowest BCUT2D eigenvalue weighted by molar-refractivity contribution is 0.305. The van der Waals surface area contributed by atoms with Crippen LogP contribution in [0.2, 0.25) is 0 Å². The third kappa shape index (κ3) is 4.45. The Morgan fingerprint density at radius 3 is 2.23 bits per heavy atom. The summed E-state index contributed by atoms with van der Waals surface area (Å²) in [6.45, 7) is 1.90. The summed E-state index contributed by atoms with van der Waals surface area (Å²) in [5.41, 5.74) is 3.19. The Morgan fingerprint density at radius 2 is 1.53 bits per heavy atom. The molecule has 0 N–H and O–H groups in total. The van der Waals surface area contributed by atoms with E-state index in [0.29, 0.717) is 29.0 Å². The van der Waals surface area contributed by atoms with Gasteiger partial charge in [-0.15, -0.1) is 0 Å². The Kier molecular flexibility index (Phi) is 6.26. The lowest BCUT2D eigenvalue weighted by Gasteiger charge is -2.29. The molecule has 0 radical (unpaired) electrons. The topological polar surface area (TPSA) is 0 Å². The van der Waals surface area contributed by atoms with Crippen LogP contribution in [0.3, 0.4) is 0 Å². The SMILES string of the molecule is Cc1ccc(C2CCC(CCc3ccc(-c4ccccc4)c(F)c3F)CC2)c(F)c1. The summed E-state index contributed by atoms with van der Waals surface area (Å²) in [7, 11) is 0. The summed E-state index contributed by atoms with van der Waals surface area (Å²) >= 11 is 0. The van der Waals surface area contributed by atoms with Crippen LogP contribution in [0.5, 0.6) is 0 Å². The molecule has 0 nitrogen and oxygen atoms in total. The van der Waals surface area contributed by atoms with E-state index < -0.39 is 11.6 Å². The third-order valence-corrected chi connectivity index (χ3v) is 6.51. The molecule has 0 bridgehead atoms. The van der Waals surface area contributed by atoms with Crippen LogP contribution in [0.1, 0.15) is 54.7 Å². The van der Waals surface area contributed by atoms with Gasteiger partial charge in [0.15, 0.2) is 11.6 Å². The first-order valence-electron chi connectivity index (χ1n) is 10.8. The van der Waals surface area contributed by atoms with Crippen LogP contribution in [0.4, 0.5) is 13.2 Å². The quantitative estimate of drug-likeness (QED) is 0.401. The lowest BCUT2D eigenvalue weighted by Crippen LogP contribution is -2.15. The fourth-order valence-corrected chi connectivity index (χ4v) is 4.71. The number of hydrogen-bond donors (Lipinski definition) is 0. The molecule has 0 aromatic heterocycles. The molecule has 0 atom stereocenters. The highest BCUT2D eigenvalue weighted by Crippen LogP contribution is 2.39. The van der Waals surface area contributed by atoms with Gasteiger partial charge < -0.3 is 0 Å². The number of aryl methyl sites for hydroxylation is 2. The van der Waals surface area contributed by atoms with Crippen molar-refractivity contribution in [3.05, 3.63) is 94.8 Å². The highest BCUT2D eigenvalue weighted by Gasteiger charge is 2.25. The maximum atomic E-state index is 14.6. The van der Waals surface area contributed by atoms with Crippen molar-refractivity contribution in [1.29, 1.82) is 0 Å². The van der Waals surface area contributed by atoms with Gasteiger partial charge in [0.1, 0.15) is 5.82 Å². The Bertz CT molecular complexity index is 1000. The second kappa shape index (κ2) is 9.07. The van der Waals surface area contributed by atoms with Gasteiger partial charge in [0.05, 0.1) is 0 Å². The van der Waals surface area contributed by atoms with Crippen LogP contribution in [0.15, 0.2) is 60.7 Å². The average Bonchev–Trinajstić information content (AvgIpc) is 2.76. The number of halogens is 3. The summed E-state index contributed by atoms with van der Waals surface area (Å²) in [5.74, 6) is -0.856. The van der Waals surface area contributed by atoms with Crippen molar-refractivity contribution in [2.24, 2.45) is 5.92 Å². The molecule has 30 heavy (non-hydrogen) atoms.